The van der Waals surface area contributed by atoms with Gasteiger partial charge in [-0.25, -0.2) is 0 Å². The van der Waals surface area contributed by atoms with Gasteiger partial charge < -0.3 is 5.32 Å². The van der Waals surface area contributed by atoms with Crippen molar-refractivity contribution in [2.24, 2.45) is 5.92 Å². The maximum atomic E-state index is 3.45. The van der Waals surface area contributed by atoms with Gasteiger partial charge in [-0.15, -0.1) is 0 Å². The van der Waals surface area contributed by atoms with Crippen molar-refractivity contribution in [3.05, 3.63) is 22.4 Å². The molecular formula is C14H23NS. The van der Waals surface area contributed by atoms with Gasteiger partial charge in [0.15, 0.2) is 0 Å². The molecule has 90 valence electrons. The van der Waals surface area contributed by atoms with Gasteiger partial charge in [0.1, 0.15) is 0 Å². The van der Waals surface area contributed by atoms with E-state index in [0.717, 1.165) is 5.92 Å². The molecule has 1 aliphatic carbocycles. The molecule has 0 radical (unpaired) electrons. The maximum Gasteiger partial charge on any atom is 0.0325 e. The minimum atomic E-state index is 0.577. The molecule has 0 saturated heterocycles. The Bertz CT molecular complexity index is 275. The molecule has 2 heteroatoms. The fraction of sp³-hybridized carbons (Fsp3) is 0.714. The van der Waals surface area contributed by atoms with Crippen LogP contribution in [0.3, 0.4) is 0 Å². The minimum Gasteiger partial charge on any atom is -0.313 e. The van der Waals surface area contributed by atoms with Crippen molar-refractivity contribution in [1.29, 1.82) is 0 Å². The Morgan fingerprint density at radius 1 is 1.38 bits per heavy atom. The molecule has 1 saturated carbocycles. The molecule has 1 aromatic rings. The minimum absolute atomic E-state index is 0.577. The lowest BCUT2D eigenvalue weighted by Gasteiger charge is -2.23. The van der Waals surface area contributed by atoms with Crippen LogP contribution in [0.2, 0.25) is 0 Å². The lowest BCUT2D eigenvalue weighted by Crippen LogP contribution is -2.17. The number of thiophene rings is 1. The highest BCUT2D eigenvalue weighted by atomic mass is 32.1. The summed E-state index contributed by atoms with van der Waals surface area (Å²) < 4.78 is 0. The molecule has 1 aliphatic rings. The van der Waals surface area contributed by atoms with E-state index in [1.807, 2.05) is 0 Å². The van der Waals surface area contributed by atoms with Crippen LogP contribution >= 0.6 is 11.3 Å². The SMILES string of the molecule is CNC(CCC1CCCCC1)c1ccsc1. The summed E-state index contributed by atoms with van der Waals surface area (Å²) in [4.78, 5) is 0. The Morgan fingerprint density at radius 2 is 2.19 bits per heavy atom. The van der Waals surface area contributed by atoms with Crippen molar-refractivity contribution < 1.29 is 0 Å². The Kier molecular flexibility index (Phi) is 4.86. The molecule has 1 heterocycles. The summed E-state index contributed by atoms with van der Waals surface area (Å²) in [6, 6.07) is 2.83. The zero-order chi connectivity index (χ0) is 11.2. The average molecular weight is 237 g/mol. The molecule has 1 aromatic heterocycles. The van der Waals surface area contributed by atoms with Crippen LogP contribution in [0.5, 0.6) is 0 Å². The first-order valence-electron chi connectivity index (χ1n) is 6.59. The molecule has 0 spiro atoms. The number of rotatable bonds is 5. The van der Waals surface area contributed by atoms with Gasteiger partial charge in [-0.05, 0) is 48.2 Å². The van der Waals surface area contributed by atoms with E-state index in [9.17, 15) is 0 Å². The molecule has 2 rings (SSSR count). The molecule has 0 amide bonds. The van der Waals surface area contributed by atoms with Crippen LogP contribution in [-0.4, -0.2) is 7.05 Å². The predicted octanol–water partition coefficient (Wildman–Crippen LogP) is 4.37. The Balaban J connectivity index is 1.78. The van der Waals surface area contributed by atoms with E-state index >= 15 is 0 Å². The van der Waals surface area contributed by atoms with E-state index in [1.54, 1.807) is 11.3 Å². The average Bonchev–Trinajstić information content (AvgIpc) is 2.85. The van der Waals surface area contributed by atoms with E-state index in [0.29, 0.717) is 6.04 Å². The summed E-state index contributed by atoms with van der Waals surface area (Å²) in [6.07, 6.45) is 10.1. The van der Waals surface area contributed by atoms with Crippen molar-refractivity contribution in [3.8, 4) is 0 Å². The predicted molar refractivity (Wildman–Crippen MR) is 71.9 cm³/mol. The third-order valence-electron chi connectivity index (χ3n) is 3.88. The maximum absolute atomic E-state index is 3.45. The third kappa shape index (κ3) is 3.33. The largest absolute Gasteiger partial charge is 0.313 e. The molecule has 0 aliphatic heterocycles. The van der Waals surface area contributed by atoms with Crippen LogP contribution in [-0.2, 0) is 0 Å². The molecule has 1 nitrogen and oxygen atoms in total. The fourth-order valence-corrected chi connectivity index (χ4v) is 3.54. The van der Waals surface area contributed by atoms with Gasteiger partial charge >= 0.3 is 0 Å². The van der Waals surface area contributed by atoms with Gasteiger partial charge in [0.25, 0.3) is 0 Å². The molecule has 0 bridgehead atoms. The molecule has 16 heavy (non-hydrogen) atoms. The zero-order valence-electron chi connectivity index (χ0n) is 10.2. The van der Waals surface area contributed by atoms with Gasteiger partial charge in [0.05, 0.1) is 0 Å². The summed E-state index contributed by atoms with van der Waals surface area (Å²) in [5, 5.41) is 7.91. The Morgan fingerprint density at radius 3 is 2.81 bits per heavy atom. The first kappa shape index (κ1) is 12.1. The van der Waals surface area contributed by atoms with Gasteiger partial charge in [-0.3, -0.25) is 0 Å². The lowest BCUT2D eigenvalue weighted by atomic mass is 9.85. The lowest BCUT2D eigenvalue weighted by molar-refractivity contribution is 0.317. The molecular weight excluding hydrogens is 214 g/mol. The van der Waals surface area contributed by atoms with Crippen LogP contribution in [0.1, 0.15) is 56.6 Å². The number of hydrogen-bond acceptors (Lipinski definition) is 2. The van der Waals surface area contributed by atoms with Crippen LogP contribution < -0.4 is 5.32 Å². The summed E-state index contributed by atoms with van der Waals surface area (Å²) >= 11 is 1.80. The Hall–Kier alpha value is -0.340. The second-order valence-corrected chi connectivity index (χ2v) is 5.76. The summed E-state index contributed by atoms with van der Waals surface area (Å²) in [7, 11) is 2.09. The van der Waals surface area contributed by atoms with Crippen LogP contribution in [0, 0.1) is 5.92 Å². The summed E-state index contributed by atoms with van der Waals surface area (Å²) in [5.74, 6) is 1.00. The van der Waals surface area contributed by atoms with E-state index in [1.165, 1.54) is 50.5 Å². The molecule has 1 atom stereocenters. The second-order valence-electron chi connectivity index (χ2n) is 4.98. The van der Waals surface area contributed by atoms with Crippen molar-refractivity contribution in [2.45, 2.75) is 51.0 Å². The first-order valence-corrected chi connectivity index (χ1v) is 7.54. The monoisotopic (exact) mass is 237 g/mol. The van der Waals surface area contributed by atoms with Crippen molar-refractivity contribution in [3.63, 3.8) is 0 Å². The van der Waals surface area contributed by atoms with Crippen molar-refractivity contribution >= 4 is 11.3 Å². The van der Waals surface area contributed by atoms with Crippen molar-refractivity contribution in [2.75, 3.05) is 7.05 Å². The molecule has 1 fully saturated rings. The molecule has 0 aromatic carbocycles. The van der Waals surface area contributed by atoms with Crippen LogP contribution in [0.15, 0.2) is 16.8 Å². The van der Waals surface area contributed by atoms with E-state index in [4.69, 9.17) is 0 Å². The topological polar surface area (TPSA) is 12.0 Å². The highest BCUT2D eigenvalue weighted by Gasteiger charge is 2.16. The summed E-state index contributed by atoms with van der Waals surface area (Å²) in [5.41, 5.74) is 1.48. The van der Waals surface area contributed by atoms with Crippen LogP contribution in [0.4, 0.5) is 0 Å². The van der Waals surface area contributed by atoms with Gasteiger partial charge in [0, 0.05) is 6.04 Å². The van der Waals surface area contributed by atoms with E-state index in [-0.39, 0.29) is 0 Å². The summed E-state index contributed by atoms with van der Waals surface area (Å²) in [6.45, 7) is 0. The molecule has 1 N–H and O–H groups in total. The van der Waals surface area contributed by atoms with Gasteiger partial charge in [-0.2, -0.15) is 11.3 Å². The van der Waals surface area contributed by atoms with E-state index < -0.39 is 0 Å². The first-order chi connectivity index (χ1) is 7.90. The standard InChI is InChI=1S/C14H23NS/c1-15-14(13-9-10-16-11-13)8-7-12-5-3-2-4-6-12/h9-12,14-15H,2-8H2,1H3. The van der Waals surface area contributed by atoms with Gasteiger partial charge in [-0.1, -0.05) is 32.1 Å². The fourth-order valence-electron chi connectivity index (χ4n) is 2.83. The van der Waals surface area contributed by atoms with E-state index in [2.05, 4.69) is 29.2 Å². The highest BCUT2D eigenvalue weighted by Crippen LogP contribution is 2.30. The highest BCUT2D eigenvalue weighted by molar-refractivity contribution is 7.07. The third-order valence-corrected chi connectivity index (χ3v) is 4.58. The zero-order valence-corrected chi connectivity index (χ0v) is 11.1. The normalized spacial score (nSPS) is 19.8. The quantitative estimate of drug-likeness (QED) is 0.802. The Labute approximate surface area is 103 Å². The van der Waals surface area contributed by atoms with Gasteiger partial charge in [0.2, 0.25) is 0 Å². The van der Waals surface area contributed by atoms with Crippen molar-refractivity contribution in [1.82, 2.24) is 5.32 Å². The number of nitrogens with one attached hydrogen (secondary N) is 1. The molecule has 1 unspecified atom stereocenters. The second kappa shape index (κ2) is 6.41. The number of hydrogen-bond donors (Lipinski definition) is 1. The smallest absolute Gasteiger partial charge is 0.0325 e. The van der Waals surface area contributed by atoms with Crippen LogP contribution in [0.25, 0.3) is 0 Å².